The molecule has 0 N–H and O–H groups in total. The maximum atomic E-state index is 11.4. The Hall–Kier alpha value is -2.08. The molecule has 0 aliphatic heterocycles. The van der Waals surface area contributed by atoms with E-state index in [2.05, 4.69) is 25.7 Å². The fraction of sp³-hybridized carbons (Fsp3) is 0.0769. The molecule has 5 nitrogen and oxygen atoms in total. The van der Waals surface area contributed by atoms with Crippen LogP contribution in [0.1, 0.15) is 10.4 Å². The number of aromatic nitrogens is 1. The summed E-state index contributed by atoms with van der Waals surface area (Å²) >= 11 is 3.23. The molecule has 1 heterocycles. The van der Waals surface area contributed by atoms with Crippen molar-refractivity contribution in [1.29, 1.82) is 0 Å². The fourth-order valence-corrected chi connectivity index (χ4v) is 1.64. The van der Waals surface area contributed by atoms with Crippen molar-refractivity contribution >= 4 is 21.9 Å². The Morgan fingerprint density at radius 3 is 2.79 bits per heavy atom. The highest BCUT2D eigenvalue weighted by atomic mass is 79.9. The third-order valence-electron chi connectivity index (χ3n) is 2.21. The molecule has 0 bridgehead atoms. The van der Waals surface area contributed by atoms with Gasteiger partial charge in [-0.25, -0.2) is 9.78 Å². The Morgan fingerprint density at radius 1 is 1.21 bits per heavy atom. The Labute approximate surface area is 118 Å². The molecule has 19 heavy (non-hydrogen) atoms. The third kappa shape index (κ3) is 3.45. The van der Waals surface area contributed by atoms with E-state index in [9.17, 15) is 4.79 Å². The molecule has 0 saturated heterocycles. The Morgan fingerprint density at radius 2 is 2.05 bits per heavy atom. The van der Waals surface area contributed by atoms with Crippen molar-refractivity contribution in [3.63, 3.8) is 0 Å². The Kier molecular flexibility index (Phi) is 4.35. The van der Waals surface area contributed by atoms with Crippen LogP contribution in [0.4, 0.5) is 0 Å². The molecule has 1 aromatic heterocycles. The average molecular weight is 324 g/mol. The minimum absolute atomic E-state index is 0.383. The van der Waals surface area contributed by atoms with Gasteiger partial charge in [-0.3, -0.25) is 9.78 Å². The van der Waals surface area contributed by atoms with Crippen LogP contribution in [-0.4, -0.2) is 18.1 Å². The lowest BCUT2D eigenvalue weighted by atomic mass is 10.2. The number of halogens is 1. The van der Waals surface area contributed by atoms with Gasteiger partial charge in [0.05, 0.1) is 12.7 Å². The van der Waals surface area contributed by atoms with Gasteiger partial charge < -0.3 is 4.74 Å². The molecule has 0 atom stereocenters. The number of esters is 1. The van der Waals surface area contributed by atoms with Gasteiger partial charge in [0.25, 0.3) is 0 Å². The highest BCUT2D eigenvalue weighted by Gasteiger charge is 2.08. The lowest BCUT2D eigenvalue weighted by molar-refractivity contribution is -0.101. The Bertz CT molecular complexity index is 588. The molecule has 0 aliphatic rings. The number of pyridine rings is 1. The lowest BCUT2D eigenvalue weighted by Gasteiger charge is -2.07. The maximum absolute atomic E-state index is 11.4. The minimum atomic E-state index is -0.437. The number of rotatable bonds is 4. The van der Waals surface area contributed by atoms with Crippen molar-refractivity contribution in [2.75, 3.05) is 7.11 Å². The van der Waals surface area contributed by atoms with Gasteiger partial charge in [-0.15, -0.1) is 0 Å². The molecule has 0 saturated carbocycles. The van der Waals surface area contributed by atoms with Crippen LogP contribution >= 0.6 is 15.9 Å². The molecule has 0 radical (unpaired) electrons. The number of benzene rings is 1. The summed E-state index contributed by atoms with van der Waals surface area (Å²) in [4.78, 5) is 25.6. The van der Waals surface area contributed by atoms with Crippen LogP contribution < -0.4 is 9.78 Å². The predicted molar refractivity (Wildman–Crippen MR) is 71.0 cm³/mol. The molecular weight excluding hydrogens is 314 g/mol. The van der Waals surface area contributed by atoms with Gasteiger partial charge in [0, 0.05) is 6.20 Å². The standard InChI is InChI=1S/C13H10BrNO4/c1-17-13(16)9-4-2-5-10(8-9)18-19-11-6-3-7-15-12(11)14/h2-8H,1H3. The van der Waals surface area contributed by atoms with Crippen molar-refractivity contribution in [3.05, 3.63) is 52.8 Å². The highest BCUT2D eigenvalue weighted by Crippen LogP contribution is 2.23. The predicted octanol–water partition coefficient (Wildman–Crippen LogP) is 3.00. The number of hydrogen-bond donors (Lipinski definition) is 0. The number of nitrogens with zero attached hydrogens (tertiary/aromatic N) is 1. The molecule has 0 spiro atoms. The second kappa shape index (κ2) is 6.19. The van der Waals surface area contributed by atoms with Crippen LogP contribution in [0.15, 0.2) is 47.2 Å². The monoisotopic (exact) mass is 323 g/mol. The third-order valence-corrected chi connectivity index (χ3v) is 2.80. The molecule has 2 aromatic rings. The molecule has 0 unspecified atom stereocenters. The first-order valence-electron chi connectivity index (χ1n) is 5.34. The molecule has 2 rings (SSSR count). The molecule has 6 heteroatoms. The fourth-order valence-electron chi connectivity index (χ4n) is 1.32. The van der Waals surface area contributed by atoms with Gasteiger partial charge in [0.2, 0.25) is 5.75 Å². The summed E-state index contributed by atoms with van der Waals surface area (Å²) in [5.74, 6) is 0.387. The largest absolute Gasteiger partial charge is 0.465 e. The highest BCUT2D eigenvalue weighted by molar-refractivity contribution is 9.10. The Balaban J connectivity index is 2.08. The normalized spacial score (nSPS) is 9.79. The van der Waals surface area contributed by atoms with Gasteiger partial charge in [-0.05, 0) is 46.3 Å². The molecule has 0 aliphatic carbocycles. The molecule has 0 amide bonds. The van der Waals surface area contributed by atoms with Gasteiger partial charge in [0.15, 0.2) is 10.4 Å². The van der Waals surface area contributed by atoms with Gasteiger partial charge in [0.1, 0.15) is 0 Å². The second-order valence-electron chi connectivity index (χ2n) is 3.48. The number of methoxy groups -OCH3 is 1. The van der Waals surface area contributed by atoms with Crippen LogP contribution in [-0.2, 0) is 4.74 Å². The quantitative estimate of drug-likeness (QED) is 0.374. The van der Waals surface area contributed by atoms with Crippen LogP contribution in [0.25, 0.3) is 0 Å². The van der Waals surface area contributed by atoms with E-state index in [-0.39, 0.29) is 0 Å². The van der Waals surface area contributed by atoms with Crippen molar-refractivity contribution in [3.8, 4) is 11.5 Å². The van der Waals surface area contributed by atoms with Gasteiger partial charge >= 0.3 is 5.97 Å². The smallest absolute Gasteiger partial charge is 0.337 e. The van der Waals surface area contributed by atoms with Crippen molar-refractivity contribution < 1.29 is 19.3 Å². The molecule has 98 valence electrons. The zero-order chi connectivity index (χ0) is 13.7. The SMILES string of the molecule is COC(=O)c1cccc(OOc2cccnc2Br)c1. The summed E-state index contributed by atoms with van der Waals surface area (Å²) in [6, 6.07) is 9.89. The summed E-state index contributed by atoms with van der Waals surface area (Å²) in [5.41, 5.74) is 0.383. The van der Waals surface area contributed by atoms with E-state index in [0.717, 1.165) is 0 Å². The number of hydrogen-bond acceptors (Lipinski definition) is 5. The zero-order valence-electron chi connectivity index (χ0n) is 10.00. The van der Waals surface area contributed by atoms with Gasteiger partial charge in [-0.1, -0.05) is 6.07 Å². The summed E-state index contributed by atoms with van der Waals surface area (Å²) in [5, 5.41) is 0. The molecular formula is C13H10BrNO4. The first kappa shape index (κ1) is 13.4. The lowest BCUT2D eigenvalue weighted by Crippen LogP contribution is -2.04. The first-order chi connectivity index (χ1) is 9.20. The maximum Gasteiger partial charge on any atom is 0.337 e. The number of ether oxygens (including phenoxy) is 1. The van der Waals surface area contributed by atoms with E-state index in [4.69, 9.17) is 9.78 Å². The van der Waals surface area contributed by atoms with E-state index in [1.54, 1.807) is 36.5 Å². The molecule has 0 fully saturated rings. The van der Waals surface area contributed by atoms with Crippen molar-refractivity contribution in [2.24, 2.45) is 0 Å². The van der Waals surface area contributed by atoms with Crippen LogP contribution in [0, 0.1) is 0 Å². The van der Waals surface area contributed by atoms with E-state index in [1.165, 1.54) is 13.2 Å². The van der Waals surface area contributed by atoms with Crippen LogP contribution in [0.2, 0.25) is 0 Å². The summed E-state index contributed by atoms with van der Waals surface area (Å²) in [6.45, 7) is 0. The first-order valence-corrected chi connectivity index (χ1v) is 6.13. The van der Waals surface area contributed by atoms with E-state index < -0.39 is 5.97 Å². The average Bonchev–Trinajstić information content (AvgIpc) is 2.46. The van der Waals surface area contributed by atoms with Crippen LogP contribution in [0.3, 0.4) is 0 Å². The zero-order valence-corrected chi connectivity index (χ0v) is 11.6. The van der Waals surface area contributed by atoms with E-state index in [1.807, 2.05) is 0 Å². The van der Waals surface area contributed by atoms with Crippen molar-refractivity contribution in [2.45, 2.75) is 0 Å². The van der Waals surface area contributed by atoms with Gasteiger partial charge in [-0.2, -0.15) is 0 Å². The summed E-state index contributed by atoms with van der Waals surface area (Å²) < 4.78 is 5.15. The minimum Gasteiger partial charge on any atom is -0.465 e. The van der Waals surface area contributed by atoms with Crippen LogP contribution in [0.5, 0.6) is 11.5 Å². The van der Waals surface area contributed by atoms with E-state index in [0.29, 0.717) is 21.7 Å². The second-order valence-corrected chi connectivity index (χ2v) is 4.23. The van der Waals surface area contributed by atoms with E-state index >= 15 is 0 Å². The summed E-state index contributed by atoms with van der Waals surface area (Å²) in [7, 11) is 1.32. The molecule has 1 aromatic carbocycles. The topological polar surface area (TPSA) is 57.7 Å². The number of carbonyl (C=O) groups excluding carboxylic acids is 1. The number of carbonyl (C=O) groups is 1. The summed E-state index contributed by atoms with van der Waals surface area (Å²) in [6.07, 6.45) is 1.62. The van der Waals surface area contributed by atoms with Crippen molar-refractivity contribution in [1.82, 2.24) is 4.98 Å².